The van der Waals surface area contributed by atoms with Crippen LogP contribution in [0.1, 0.15) is 32.6 Å². The smallest absolute Gasteiger partial charge is 0.0666 e. The molecule has 0 bridgehead atoms. The Morgan fingerprint density at radius 1 is 1.37 bits per heavy atom. The lowest BCUT2D eigenvalue weighted by molar-refractivity contribution is 0.286. The maximum Gasteiger partial charge on any atom is 0.0666 e. The molecule has 100 valence electrons. The lowest BCUT2D eigenvalue weighted by Crippen LogP contribution is -2.23. The van der Waals surface area contributed by atoms with E-state index in [2.05, 4.69) is 41.6 Å². The van der Waals surface area contributed by atoms with Crippen LogP contribution in [0.2, 0.25) is 0 Å². The summed E-state index contributed by atoms with van der Waals surface area (Å²) in [6.07, 6.45) is 9.31. The SMILES string of the molecule is CC(CC1CCC1)Nc1cccc(-n2cccn2)c1. The largest absolute Gasteiger partial charge is 0.383 e. The topological polar surface area (TPSA) is 29.9 Å². The van der Waals surface area contributed by atoms with Gasteiger partial charge in [-0.1, -0.05) is 25.3 Å². The zero-order valence-corrected chi connectivity index (χ0v) is 11.4. The van der Waals surface area contributed by atoms with Crippen LogP contribution in [-0.2, 0) is 0 Å². The lowest BCUT2D eigenvalue weighted by atomic mass is 9.81. The fraction of sp³-hybridized carbons (Fsp3) is 0.438. The van der Waals surface area contributed by atoms with E-state index in [0.717, 1.165) is 11.6 Å². The molecule has 0 aliphatic heterocycles. The fourth-order valence-electron chi connectivity index (χ4n) is 2.73. The van der Waals surface area contributed by atoms with Gasteiger partial charge in [0.15, 0.2) is 0 Å². The molecule has 0 amide bonds. The van der Waals surface area contributed by atoms with E-state index < -0.39 is 0 Å². The second-order valence-electron chi connectivity index (χ2n) is 5.58. The van der Waals surface area contributed by atoms with E-state index in [4.69, 9.17) is 0 Å². The van der Waals surface area contributed by atoms with Crippen LogP contribution in [0.25, 0.3) is 5.69 Å². The van der Waals surface area contributed by atoms with E-state index in [0.29, 0.717) is 6.04 Å². The molecule has 0 saturated heterocycles. The molecule has 1 saturated carbocycles. The van der Waals surface area contributed by atoms with Crippen LogP contribution in [0.5, 0.6) is 0 Å². The summed E-state index contributed by atoms with van der Waals surface area (Å²) in [5.41, 5.74) is 2.28. The van der Waals surface area contributed by atoms with Crippen LogP contribution >= 0.6 is 0 Å². The van der Waals surface area contributed by atoms with E-state index in [-0.39, 0.29) is 0 Å². The van der Waals surface area contributed by atoms with Crippen LogP contribution in [0.4, 0.5) is 5.69 Å². The van der Waals surface area contributed by atoms with Crippen molar-refractivity contribution in [3.63, 3.8) is 0 Å². The molecule has 1 fully saturated rings. The first kappa shape index (κ1) is 12.3. The highest BCUT2D eigenvalue weighted by Crippen LogP contribution is 2.31. The summed E-state index contributed by atoms with van der Waals surface area (Å²) in [6, 6.07) is 10.9. The second kappa shape index (κ2) is 5.47. The van der Waals surface area contributed by atoms with Gasteiger partial charge in [0.2, 0.25) is 0 Å². The Bertz CT molecular complexity index is 515. The molecule has 1 unspecified atom stereocenters. The van der Waals surface area contributed by atoms with Crippen LogP contribution < -0.4 is 5.32 Å². The molecule has 1 atom stereocenters. The van der Waals surface area contributed by atoms with Gasteiger partial charge in [-0.05, 0) is 43.5 Å². The summed E-state index contributed by atoms with van der Waals surface area (Å²) in [4.78, 5) is 0. The second-order valence-corrected chi connectivity index (χ2v) is 5.58. The Morgan fingerprint density at radius 3 is 2.95 bits per heavy atom. The van der Waals surface area contributed by atoms with E-state index >= 15 is 0 Å². The van der Waals surface area contributed by atoms with Crippen molar-refractivity contribution < 1.29 is 0 Å². The molecule has 1 aliphatic rings. The molecule has 1 aromatic heterocycles. The van der Waals surface area contributed by atoms with Crippen molar-refractivity contribution >= 4 is 5.69 Å². The zero-order chi connectivity index (χ0) is 13.1. The van der Waals surface area contributed by atoms with Crippen LogP contribution in [0.3, 0.4) is 0 Å². The van der Waals surface area contributed by atoms with Gasteiger partial charge in [0, 0.05) is 24.1 Å². The van der Waals surface area contributed by atoms with Crippen molar-refractivity contribution in [2.75, 3.05) is 5.32 Å². The monoisotopic (exact) mass is 255 g/mol. The highest BCUT2D eigenvalue weighted by Gasteiger charge is 2.19. The van der Waals surface area contributed by atoms with Gasteiger partial charge in [-0.25, -0.2) is 4.68 Å². The van der Waals surface area contributed by atoms with E-state index in [1.165, 1.54) is 31.4 Å². The van der Waals surface area contributed by atoms with Gasteiger partial charge >= 0.3 is 0 Å². The molecule has 1 N–H and O–H groups in total. The summed E-state index contributed by atoms with van der Waals surface area (Å²) in [5.74, 6) is 0.941. The lowest BCUT2D eigenvalue weighted by Gasteiger charge is -2.29. The molecule has 19 heavy (non-hydrogen) atoms. The minimum atomic E-state index is 0.540. The molecule has 2 aromatic rings. The van der Waals surface area contributed by atoms with Gasteiger partial charge in [-0.15, -0.1) is 0 Å². The van der Waals surface area contributed by atoms with Crippen molar-refractivity contribution in [2.45, 2.75) is 38.6 Å². The number of aromatic nitrogens is 2. The molecule has 1 heterocycles. The molecule has 1 aromatic carbocycles. The van der Waals surface area contributed by atoms with Gasteiger partial charge in [0.1, 0.15) is 0 Å². The summed E-state index contributed by atoms with van der Waals surface area (Å²) in [6.45, 7) is 2.28. The number of hydrogen-bond donors (Lipinski definition) is 1. The van der Waals surface area contributed by atoms with Gasteiger partial charge in [-0.3, -0.25) is 0 Å². The van der Waals surface area contributed by atoms with E-state index in [1.807, 2.05) is 16.9 Å². The van der Waals surface area contributed by atoms with Gasteiger partial charge < -0.3 is 5.32 Å². The highest BCUT2D eigenvalue weighted by atomic mass is 15.3. The first-order valence-electron chi connectivity index (χ1n) is 7.18. The molecule has 3 heteroatoms. The minimum Gasteiger partial charge on any atom is -0.383 e. The molecular formula is C16H21N3. The van der Waals surface area contributed by atoms with Crippen molar-refractivity contribution in [1.29, 1.82) is 0 Å². The van der Waals surface area contributed by atoms with Crippen LogP contribution in [-0.4, -0.2) is 15.8 Å². The third-order valence-electron chi connectivity index (χ3n) is 3.94. The average molecular weight is 255 g/mol. The predicted molar refractivity (Wildman–Crippen MR) is 78.6 cm³/mol. The number of benzene rings is 1. The quantitative estimate of drug-likeness (QED) is 0.879. The molecule has 0 spiro atoms. The summed E-state index contributed by atoms with van der Waals surface area (Å²) in [7, 11) is 0. The third-order valence-corrected chi connectivity index (χ3v) is 3.94. The van der Waals surface area contributed by atoms with Crippen molar-refractivity contribution in [1.82, 2.24) is 9.78 Å². The predicted octanol–water partition coefficient (Wildman–Crippen LogP) is 3.86. The standard InChI is InChI=1S/C16H21N3/c1-13(11-14-5-2-6-14)18-15-7-3-8-16(12-15)19-10-4-9-17-19/h3-4,7-10,12-14,18H,2,5-6,11H2,1H3. The summed E-state index contributed by atoms with van der Waals surface area (Å²) in [5, 5.41) is 7.87. The van der Waals surface area contributed by atoms with Crippen molar-refractivity contribution in [3.05, 3.63) is 42.7 Å². The Kier molecular flexibility index (Phi) is 3.53. The maximum atomic E-state index is 4.27. The fourth-order valence-corrected chi connectivity index (χ4v) is 2.73. The highest BCUT2D eigenvalue weighted by molar-refractivity contribution is 5.51. The van der Waals surface area contributed by atoms with Crippen molar-refractivity contribution in [3.8, 4) is 5.69 Å². The summed E-state index contributed by atoms with van der Waals surface area (Å²) >= 11 is 0. The summed E-state index contributed by atoms with van der Waals surface area (Å²) < 4.78 is 1.89. The Morgan fingerprint density at radius 2 is 2.26 bits per heavy atom. The Labute approximate surface area is 114 Å². The van der Waals surface area contributed by atoms with Crippen LogP contribution in [0, 0.1) is 5.92 Å². The van der Waals surface area contributed by atoms with Gasteiger partial charge in [-0.2, -0.15) is 5.10 Å². The van der Waals surface area contributed by atoms with Gasteiger partial charge in [0.05, 0.1) is 5.69 Å². The molecule has 3 nitrogen and oxygen atoms in total. The number of hydrogen-bond acceptors (Lipinski definition) is 2. The Balaban J connectivity index is 1.65. The van der Waals surface area contributed by atoms with E-state index in [9.17, 15) is 0 Å². The number of rotatable bonds is 5. The molecule has 0 radical (unpaired) electrons. The minimum absolute atomic E-state index is 0.540. The maximum absolute atomic E-state index is 4.27. The zero-order valence-electron chi connectivity index (χ0n) is 11.4. The molecular weight excluding hydrogens is 234 g/mol. The Hall–Kier alpha value is -1.77. The first-order chi connectivity index (χ1) is 9.31. The van der Waals surface area contributed by atoms with E-state index in [1.54, 1.807) is 6.20 Å². The van der Waals surface area contributed by atoms with Crippen LogP contribution in [0.15, 0.2) is 42.7 Å². The average Bonchev–Trinajstić information content (AvgIpc) is 2.88. The normalized spacial score (nSPS) is 16.9. The molecule has 1 aliphatic carbocycles. The van der Waals surface area contributed by atoms with Crippen molar-refractivity contribution in [2.24, 2.45) is 5.92 Å². The number of nitrogens with zero attached hydrogens (tertiary/aromatic N) is 2. The number of nitrogens with one attached hydrogen (secondary N) is 1. The first-order valence-corrected chi connectivity index (χ1v) is 7.18. The molecule has 3 rings (SSSR count). The third kappa shape index (κ3) is 2.98. The number of anilines is 1. The van der Waals surface area contributed by atoms with Gasteiger partial charge in [0.25, 0.3) is 0 Å².